The lowest BCUT2D eigenvalue weighted by Crippen LogP contribution is -2.54. The second-order valence-corrected chi connectivity index (χ2v) is 10.8. The minimum Gasteiger partial charge on any atom is -0.369 e. The van der Waals surface area contributed by atoms with Crippen LogP contribution in [0.15, 0.2) is 24.3 Å². The van der Waals surface area contributed by atoms with Gasteiger partial charge in [-0.2, -0.15) is 0 Å². The fourth-order valence-corrected chi connectivity index (χ4v) is 6.04. The Morgan fingerprint density at radius 3 is 2.40 bits per heavy atom. The van der Waals surface area contributed by atoms with Crippen molar-refractivity contribution in [2.45, 2.75) is 38.8 Å². The van der Waals surface area contributed by atoms with Crippen LogP contribution in [0.2, 0.25) is 0 Å². The van der Waals surface area contributed by atoms with E-state index in [4.69, 9.17) is 0 Å². The summed E-state index contributed by atoms with van der Waals surface area (Å²) < 4.78 is 23.2. The Bertz CT molecular complexity index is 716. The molecule has 6 heteroatoms. The first-order valence-electron chi connectivity index (χ1n) is 9.40. The summed E-state index contributed by atoms with van der Waals surface area (Å²) in [6, 6.07) is 9.90. The van der Waals surface area contributed by atoms with Gasteiger partial charge in [-0.05, 0) is 49.1 Å². The molecule has 4 aliphatic rings. The largest absolute Gasteiger partial charge is 0.369 e. The van der Waals surface area contributed by atoms with Crippen molar-refractivity contribution >= 4 is 21.2 Å². The molecule has 0 aliphatic carbocycles. The smallest absolute Gasteiger partial charge is 0.153 e. The van der Waals surface area contributed by atoms with Gasteiger partial charge in [0.1, 0.15) is 0 Å². The maximum absolute atomic E-state index is 11.6. The van der Waals surface area contributed by atoms with E-state index in [2.05, 4.69) is 53.2 Å². The van der Waals surface area contributed by atoms with Gasteiger partial charge in [0, 0.05) is 43.1 Å². The molecule has 0 spiro atoms. The van der Waals surface area contributed by atoms with Gasteiger partial charge in [-0.15, -0.1) is 0 Å². The molecule has 5 rings (SSSR count). The fourth-order valence-electron chi connectivity index (χ4n) is 4.84. The van der Waals surface area contributed by atoms with E-state index in [1.165, 1.54) is 18.5 Å². The highest BCUT2D eigenvalue weighted by Gasteiger charge is 2.43. The normalized spacial score (nSPS) is 31.0. The molecular formula is C19H29N3O2S. The third kappa shape index (κ3) is 3.38. The number of nitrogens with one attached hydrogen (secondary N) is 1. The number of sulfone groups is 1. The van der Waals surface area contributed by atoms with Gasteiger partial charge >= 0.3 is 0 Å². The van der Waals surface area contributed by atoms with Crippen LogP contribution in [-0.4, -0.2) is 58.2 Å². The molecule has 1 unspecified atom stereocenters. The van der Waals surface area contributed by atoms with Crippen LogP contribution in [0.4, 0.5) is 11.4 Å². The molecule has 2 atom stereocenters. The van der Waals surface area contributed by atoms with Gasteiger partial charge in [0.2, 0.25) is 0 Å². The van der Waals surface area contributed by atoms with Crippen LogP contribution in [0.25, 0.3) is 0 Å². The Labute approximate surface area is 151 Å². The summed E-state index contributed by atoms with van der Waals surface area (Å²) in [6.07, 6.45) is 2.43. The molecular weight excluding hydrogens is 334 g/mol. The number of fused-ring (bicyclic) bond motifs is 4. The molecule has 4 heterocycles. The van der Waals surface area contributed by atoms with Crippen LogP contribution in [-0.2, 0) is 9.84 Å². The van der Waals surface area contributed by atoms with Crippen LogP contribution >= 0.6 is 0 Å². The van der Waals surface area contributed by atoms with E-state index >= 15 is 0 Å². The number of hydrogen-bond acceptors (Lipinski definition) is 5. The zero-order valence-electron chi connectivity index (χ0n) is 15.2. The fraction of sp³-hybridized carbons (Fsp3) is 0.684. The van der Waals surface area contributed by atoms with E-state index in [1.54, 1.807) is 0 Å². The van der Waals surface area contributed by atoms with E-state index in [-0.39, 0.29) is 11.5 Å². The first kappa shape index (κ1) is 17.2. The third-order valence-corrected chi connectivity index (χ3v) is 7.82. The minimum absolute atomic E-state index is 0.268. The molecule has 0 saturated carbocycles. The SMILES string of the molecule is CC1(C)CC2CN(c3ccc(N4CCS(=O)(=O)CC4)cc3)[C@H]1CCN2. The van der Waals surface area contributed by atoms with E-state index in [1.807, 2.05) is 0 Å². The molecule has 0 aromatic heterocycles. The van der Waals surface area contributed by atoms with Crippen molar-refractivity contribution in [2.24, 2.45) is 5.41 Å². The maximum atomic E-state index is 11.6. The van der Waals surface area contributed by atoms with Crippen LogP contribution < -0.4 is 15.1 Å². The second kappa shape index (κ2) is 6.16. The monoisotopic (exact) mass is 363 g/mol. The summed E-state index contributed by atoms with van der Waals surface area (Å²) in [5.74, 6) is 0.537. The summed E-state index contributed by atoms with van der Waals surface area (Å²) in [5, 5.41) is 3.69. The van der Waals surface area contributed by atoms with Crippen LogP contribution in [0, 0.1) is 5.41 Å². The number of rotatable bonds is 2. The molecule has 1 N–H and O–H groups in total. The van der Waals surface area contributed by atoms with Crippen LogP contribution in [0.5, 0.6) is 0 Å². The quantitative estimate of drug-likeness (QED) is 0.870. The predicted molar refractivity (Wildman–Crippen MR) is 103 cm³/mol. The van der Waals surface area contributed by atoms with Crippen LogP contribution in [0.3, 0.4) is 0 Å². The first-order valence-corrected chi connectivity index (χ1v) is 11.2. The standard InChI is InChI=1S/C19H29N3O2S/c1-19(2)13-15-14-22(18(19)7-8-20-15)17-5-3-16(4-6-17)21-9-11-25(23,24)12-10-21/h3-6,15,18,20H,7-14H2,1-2H3/t15?,18-/m0/s1. The molecule has 0 radical (unpaired) electrons. The van der Waals surface area contributed by atoms with Gasteiger partial charge in [0.05, 0.1) is 11.5 Å². The van der Waals surface area contributed by atoms with Crippen molar-refractivity contribution in [2.75, 3.05) is 47.5 Å². The molecule has 1 aromatic rings. The molecule has 0 amide bonds. The van der Waals surface area contributed by atoms with Gasteiger partial charge in [0.25, 0.3) is 0 Å². The Balaban J connectivity index is 1.52. The number of piperidine rings is 1. The Morgan fingerprint density at radius 1 is 1.08 bits per heavy atom. The predicted octanol–water partition coefficient (Wildman–Crippen LogP) is 1.89. The van der Waals surface area contributed by atoms with E-state index in [0.717, 1.165) is 18.8 Å². The Morgan fingerprint density at radius 2 is 1.72 bits per heavy atom. The van der Waals surface area contributed by atoms with E-state index in [9.17, 15) is 8.42 Å². The van der Waals surface area contributed by atoms with Crippen molar-refractivity contribution in [1.82, 2.24) is 5.32 Å². The van der Waals surface area contributed by atoms with Crippen molar-refractivity contribution in [3.05, 3.63) is 24.3 Å². The zero-order chi connectivity index (χ0) is 17.7. The average Bonchev–Trinajstić information content (AvgIpc) is 2.85. The summed E-state index contributed by atoms with van der Waals surface area (Å²) in [5.41, 5.74) is 2.75. The summed E-state index contributed by atoms with van der Waals surface area (Å²) in [6.45, 7) is 8.18. The summed E-state index contributed by atoms with van der Waals surface area (Å²) >= 11 is 0. The Kier molecular flexibility index (Phi) is 4.23. The molecule has 5 nitrogen and oxygen atoms in total. The van der Waals surface area contributed by atoms with Gasteiger partial charge in [0.15, 0.2) is 9.84 Å². The highest BCUT2D eigenvalue weighted by Crippen LogP contribution is 2.41. The summed E-state index contributed by atoms with van der Waals surface area (Å²) in [4.78, 5) is 4.77. The van der Waals surface area contributed by atoms with Crippen molar-refractivity contribution in [3.63, 3.8) is 0 Å². The van der Waals surface area contributed by atoms with Crippen molar-refractivity contribution in [3.8, 4) is 0 Å². The number of nitrogens with zero attached hydrogens (tertiary/aromatic N) is 2. The summed E-state index contributed by atoms with van der Waals surface area (Å²) in [7, 11) is -2.83. The molecule has 1 aromatic carbocycles. The number of anilines is 2. The van der Waals surface area contributed by atoms with Gasteiger partial charge in [-0.1, -0.05) is 13.8 Å². The lowest BCUT2D eigenvalue weighted by atomic mass is 9.74. The minimum atomic E-state index is -2.83. The highest BCUT2D eigenvalue weighted by atomic mass is 32.2. The molecule has 25 heavy (non-hydrogen) atoms. The highest BCUT2D eigenvalue weighted by molar-refractivity contribution is 7.91. The molecule has 4 saturated heterocycles. The molecule has 4 fully saturated rings. The Hall–Kier alpha value is -1.27. The number of benzene rings is 1. The average molecular weight is 364 g/mol. The first-order chi connectivity index (χ1) is 11.8. The lowest BCUT2D eigenvalue weighted by molar-refractivity contribution is 0.204. The zero-order valence-corrected chi connectivity index (χ0v) is 16.1. The van der Waals surface area contributed by atoms with E-state index in [0.29, 0.717) is 30.6 Å². The lowest BCUT2D eigenvalue weighted by Gasteiger charge is -2.48. The van der Waals surface area contributed by atoms with E-state index < -0.39 is 9.84 Å². The van der Waals surface area contributed by atoms with Crippen LogP contribution in [0.1, 0.15) is 26.7 Å². The third-order valence-electron chi connectivity index (χ3n) is 6.21. The molecule has 2 bridgehead atoms. The van der Waals surface area contributed by atoms with Crippen molar-refractivity contribution < 1.29 is 8.42 Å². The maximum Gasteiger partial charge on any atom is 0.153 e. The molecule has 138 valence electrons. The van der Waals surface area contributed by atoms with Gasteiger partial charge < -0.3 is 15.1 Å². The molecule has 4 aliphatic heterocycles. The van der Waals surface area contributed by atoms with Gasteiger partial charge in [-0.3, -0.25) is 0 Å². The topological polar surface area (TPSA) is 52.7 Å². The number of hydrogen-bond donors (Lipinski definition) is 1. The second-order valence-electron chi connectivity index (χ2n) is 8.46. The van der Waals surface area contributed by atoms with Gasteiger partial charge in [-0.25, -0.2) is 8.42 Å². The van der Waals surface area contributed by atoms with Crippen molar-refractivity contribution in [1.29, 1.82) is 0 Å².